The Morgan fingerprint density at radius 3 is 2.71 bits per heavy atom. The molecule has 2 rings (SSSR count). The molecule has 2 aromatic rings. The van der Waals surface area contributed by atoms with Crippen molar-refractivity contribution < 1.29 is 9.18 Å². The van der Waals surface area contributed by atoms with E-state index in [-0.39, 0.29) is 11.6 Å². The van der Waals surface area contributed by atoms with Crippen LogP contribution in [0.25, 0.3) is 6.08 Å². The molecule has 0 atom stereocenters. The van der Waals surface area contributed by atoms with Gasteiger partial charge in [0.05, 0.1) is 0 Å². The fourth-order valence-corrected chi connectivity index (χ4v) is 1.38. The molecule has 0 aliphatic rings. The molecule has 3 heteroatoms. The molecule has 0 radical (unpaired) electrons. The zero-order valence-electron chi connectivity index (χ0n) is 9.01. The summed E-state index contributed by atoms with van der Waals surface area (Å²) < 4.78 is 13.3. The summed E-state index contributed by atoms with van der Waals surface area (Å²) in [6.45, 7) is 0. The number of pyridine rings is 1. The first-order valence-corrected chi connectivity index (χ1v) is 5.14. The average molecular weight is 227 g/mol. The number of carbonyl (C=O) groups excluding carboxylic acids is 1. The molecule has 0 saturated carbocycles. The van der Waals surface area contributed by atoms with Crippen LogP contribution in [0.1, 0.15) is 15.9 Å². The topological polar surface area (TPSA) is 30.0 Å². The number of allylic oxidation sites excluding steroid dienone is 1. The first-order valence-electron chi connectivity index (χ1n) is 5.14. The monoisotopic (exact) mass is 227 g/mol. The Morgan fingerprint density at radius 1 is 1.18 bits per heavy atom. The van der Waals surface area contributed by atoms with Gasteiger partial charge in [-0.15, -0.1) is 0 Å². The van der Waals surface area contributed by atoms with Gasteiger partial charge in [0.1, 0.15) is 5.82 Å². The van der Waals surface area contributed by atoms with Crippen LogP contribution in [-0.4, -0.2) is 10.8 Å². The van der Waals surface area contributed by atoms with Crippen molar-refractivity contribution in [2.75, 3.05) is 0 Å². The van der Waals surface area contributed by atoms with Gasteiger partial charge in [-0.05, 0) is 30.4 Å². The van der Waals surface area contributed by atoms with Crippen LogP contribution < -0.4 is 0 Å². The van der Waals surface area contributed by atoms with Crippen LogP contribution in [0.2, 0.25) is 0 Å². The van der Waals surface area contributed by atoms with Crippen molar-refractivity contribution in [1.29, 1.82) is 0 Å². The molecule has 0 unspecified atom stereocenters. The Labute approximate surface area is 98.4 Å². The summed E-state index contributed by atoms with van der Waals surface area (Å²) in [5, 5.41) is 0. The fraction of sp³-hybridized carbons (Fsp3) is 0. The molecular weight excluding hydrogens is 217 g/mol. The third-order valence-electron chi connectivity index (χ3n) is 2.27. The van der Waals surface area contributed by atoms with Crippen molar-refractivity contribution in [3.63, 3.8) is 0 Å². The zero-order chi connectivity index (χ0) is 12.1. The number of rotatable bonds is 3. The quantitative estimate of drug-likeness (QED) is 0.595. The predicted molar refractivity (Wildman–Crippen MR) is 64.0 cm³/mol. The van der Waals surface area contributed by atoms with Crippen molar-refractivity contribution in [3.05, 3.63) is 71.8 Å². The number of nitrogens with zero attached hydrogens (tertiary/aromatic N) is 1. The van der Waals surface area contributed by atoms with E-state index in [1.165, 1.54) is 24.4 Å². The van der Waals surface area contributed by atoms with Crippen molar-refractivity contribution in [2.45, 2.75) is 0 Å². The van der Waals surface area contributed by atoms with Crippen LogP contribution in [0.15, 0.2) is 54.9 Å². The second-order valence-corrected chi connectivity index (χ2v) is 3.46. The van der Waals surface area contributed by atoms with E-state index in [0.29, 0.717) is 11.1 Å². The highest BCUT2D eigenvalue weighted by Crippen LogP contribution is 2.09. The summed E-state index contributed by atoms with van der Waals surface area (Å²) >= 11 is 0. The molecule has 0 N–H and O–H groups in total. The Hall–Kier alpha value is -2.29. The predicted octanol–water partition coefficient (Wildman–Crippen LogP) is 3.12. The van der Waals surface area contributed by atoms with Gasteiger partial charge in [-0.2, -0.15) is 0 Å². The molecule has 0 aliphatic heterocycles. The van der Waals surface area contributed by atoms with Crippen LogP contribution in [-0.2, 0) is 0 Å². The minimum absolute atomic E-state index is 0.193. The van der Waals surface area contributed by atoms with Crippen molar-refractivity contribution in [1.82, 2.24) is 4.98 Å². The highest BCUT2D eigenvalue weighted by molar-refractivity contribution is 6.06. The van der Waals surface area contributed by atoms with E-state index in [1.54, 1.807) is 36.5 Å². The van der Waals surface area contributed by atoms with Crippen molar-refractivity contribution in [3.8, 4) is 0 Å². The summed E-state index contributed by atoms with van der Waals surface area (Å²) in [4.78, 5) is 15.5. The summed E-state index contributed by atoms with van der Waals surface area (Å²) in [5.74, 6) is -0.538. The molecule has 17 heavy (non-hydrogen) atoms. The number of ketones is 1. The van der Waals surface area contributed by atoms with E-state index in [2.05, 4.69) is 4.98 Å². The minimum atomic E-state index is -0.345. The Kier molecular flexibility index (Phi) is 3.40. The van der Waals surface area contributed by atoms with Gasteiger partial charge >= 0.3 is 0 Å². The number of carbonyl (C=O) groups is 1. The van der Waals surface area contributed by atoms with Gasteiger partial charge in [-0.3, -0.25) is 9.78 Å². The van der Waals surface area contributed by atoms with Gasteiger partial charge in [-0.1, -0.05) is 18.2 Å². The summed E-state index contributed by atoms with van der Waals surface area (Å²) in [6, 6.07) is 9.65. The molecule has 84 valence electrons. The molecule has 1 aromatic carbocycles. The molecular formula is C14H10FNO. The zero-order valence-corrected chi connectivity index (χ0v) is 9.01. The molecule has 1 heterocycles. The molecule has 0 spiro atoms. The number of halogens is 1. The van der Waals surface area contributed by atoms with E-state index >= 15 is 0 Å². The smallest absolute Gasteiger partial charge is 0.187 e. The standard InChI is InChI=1S/C14H10FNO/c15-13-6-2-1-4-11(13)7-8-14(17)12-5-3-9-16-10-12/h1-10H. The number of hydrogen-bond acceptors (Lipinski definition) is 2. The third kappa shape index (κ3) is 2.84. The Bertz CT molecular complexity index is 549. The molecule has 0 bridgehead atoms. The maximum absolute atomic E-state index is 13.3. The van der Waals surface area contributed by atoms with E-state index in [9.17, 15) is 9.18 Å². The molecule has 2 nitrogen and oxygen atoms in total. The van der Waals surface area contributed by atoms with Crippen LogP contribution >= 0.6 is 0 Å². The van der Waals surface area contributed by atoms with Gasteiger partial charge < -0.3 is 0 Å². The Balaban J connectivity index is 2.17. The van der Waals surface area contributed by atoms with Crippen molar-refractivity contribution >= 4 is 11.9 Å². The summed E-state index contributed by atoms with van der Waals surface area (Å²) in [6.07, 6.45) is 5.88. The van der Waals surface area contributed by atoms with Crippen molar-refractivity contribution in [2.24, 2.45) is 0 Å². The van der Waals surface area contributed by atoms with Gasteiger partial charge in [-0.25, -0.2) is 4.39 Å². The van der Waals surface area contributed by atoms with Gasteiger partial charge in [0.15, 0.2) is 5.78 Å². The largest absolute Gasteiger partial charge is 0.289 e. The SMILES string of the molecule is O=C(C=Cc1ccccc1F)c1cccnc1. The second kappa shape index (κ2) is 5.16. The lowest BCUT2D eigenvalue weighted by molar-refractivity contribution is 0.104. The van der Waals surface area contributed by atoms with E-state index in [4.69, 9.17) is 0 Å². The highest BCUT2D eigenvalue weighted by atomic mass is 19.1. The van der Waals surface area contributed by atoms with Crippen LogP contribution in [0.4, 0.5) is 4.39 Å². The highest BCUT2D eigenvalue weighted by Gasteiger charge is 2.01. The van der Waals surface area contributed by atoms with Gasteiger partial charge in [0.2, 0.25) is 0 Å². The van der Waals surface area contributed by atoms with Gasteiger partial charge in [0.25, 0.3) is 0 Å². The lowest BCUT2D eigenvalue weighted by Gasteiger charge is -1.96. The van der Waals surface area contributed by atoms with Crippen LogP contribution in [0.3, 0.4) is 0 Å². The Morgan fingerprint density at radius 2 is 2.00 bits per heavy atom. The van der Waals surface area contributed by atoms with Gasteiger partial charge in [0, 0.05) is 23.5 Å². The number of aromatic nitrogens is 1. The maximum atomic E-state index is 13.3. The average Bonchev–Trinajstić information content (AvgIpc) is 2.38. The maximum Gasteiger partial charge on any atom is 0.187 e. The molecule has 0 amide bonds. The van der Waals surface area contributed by atoms with Crippen LogP contribution in [0, 0.1) is 5.82 Å². The minimum Gasteiger partial charge on any atom is -0.289 e. The lowest BCUT2D eigenvalue weighted by atomic mass is 10.1. The first kappa shape index (κ1) is 11.2. The molecule has 1 aromatic heterocycles. The second-order valence-electron chi connectivity index (χ2n) is 3.46. The number of benzene rings is 1. The number of hydrogen-bond donors (Lipinski definition) is 0. The van der Waals surface area contributed by atoms with E-state index < -0.39 is 0 Å². The first-order chi connectivity index (χ1) is 8.27. The van der Waals surface area contributed by atoms with E-state index in [1.807, 2.05) is 0 Å². The van der Waals surface area contributed by atoms with E-state index in [0.717, 1.165) is 0 Å². The third-order valence-corrected chi connectivity index (χ3v) is 2.27. The lowest BCUT2D eigenvalue weighted by Crippen LogP contribution is -1.94. The summed E-state index contributed by atoms with van der Waals surface area (Å²) in [7, 11) is 0. The fourth-order valence-electron chi connectivity index (χ4n) is 1.38. The van der Waals surface area contributed by atoms with Crippen LogP contribution in [0.5, 0.6) is 0 Å². The molecule has 0 fully saturated rings. The summed E-state index contributed by atoms with van der Waals surface area (Å²) in [5.41, 5.74) is 0.879. The molecule has 0 aliphatic carbocycles. The molecule has 0 saturated heterocycles. The normalized spacial score (nSPS) is 10.6.